The van der Waals surface area contributed by atoms with E-state index in [0.717, 1.165) is 67.1 Å². The molecule has 0 aliphatic carbocycles. The molecular weight excluding hydrogens is 1090 g/mol. The fourth-order valence-electron chi connectivity index (χ4n) is 8.19. The van der Waals surface area contributed by atoms with E-state index in [2.05, 4.69) is 82.3 Å². The predicted octanol–water partition coefficient (Wildman–Crippen LogP) is 15.7. The minimum absolute atomic E-state index is 0. The van der Waals surface area contributed by atoms with Crippen molar-refractivity contribution in [1.82, 2.24) is 60.0 Å². The van der Waals surface area contributed by atoms with Gasteiger partial charge in [-0.25, -0.2) is 0 Å². The fourth-order valence-corrected chi connectivity index (χ4v) is 8.19. The van der Waals surface area contributed by atoms with Crippen molar-refractivity contribution >= 4 is 44.1 Å². The molecule has 4 N–H and O–H groups in total. The molecule has 8 aromatic carbocycles. The van der Waals surface area contributed by atoms with Gasteiger partial charge in [0.1, 0.15) is 89.9 Å². The van der Waals surface area contributed by atoms with Crippen LogP contribution in [0, 0.1) is 0 Å². The van der Waals surface area contributed by atoms with E-state index in [1.54, 1.807) is 36.4 Å². The van der Waals surface area contributed by atoms with Gasteiger partial charge in [-0.2, -0.15) is 26.3 Å². The first-order chi connectivity index (χ1) is 37.8. The fraction of sp³-hybridized carbons (Fsp3) is 0.226. The third-order valence-electron chi connectivity index (χ3n) is 12.3. The van der Waals surface area contributed by atoms with Crippen molar-refractivity contribution in [2.75, 3.05) is 0 Å². The van der Waals surface area contributed by atoms with E-state index in [4.69, 9.17) is 0 Å². The van der Waals surface area contributed by atoms with E-state index >= 15 is 0 Å². The molecule has 440 valence electrons. The average Bonchev–Trinajstić information content (AvgIpc) is 3.41. The van der Waals surface area contributed by atoms with Crippen LogP contribution < -0.4 is 0 Å². The second-order valence-electron chi connectivity index (χ2n) is 20.2. The second kappa shape index (κ2) is 25.5. The molecule has 0 amide bonds. The number of nitrogens with zero attached hydrogens (tertiary/aromatic N) is 12. The molecule has 22 heteroatoms. The SMILES string of the molecule is C.C.C.C.CC(C)(C)c1cccc(-n2nc3ccccc3n2)c1O.CC(C)(C)c1cccc(-n2nc3ccccc3n2)c1O.Oc1ccccc1-n1nc2ccc(C(F)(F)F)cc2n1.Oc1ccccc1-n1nc2ccc(C(F)(F)F)cc2n1. The number of fused-ring (bicyclic) bond motifs is 4. The van der Waals surface area contributed by atoms with Gasteiger partial charge in [0.25, 0.3) is 0 Å². The maximum Gasteiger partial charge on any atom is 0.416 e. The van der Waals surface area contributed by atoms with Crippen molar-refractivity contribution in [3.63, 3.8) is 0 Å². The number of hydrogen-bond acceptors (Lipinski definition) is 12. The van der Waals surface area contributed by atoms with Gasteiger partial charge in [0.2, 0.25) is 0 Å². The lowest BCUT2D eigenvalue weighted by Crippen LogP contribution is -2.12. The lowest BCUT2D eigenvalue weighted by Gasteiger charge is -2.21. The Bertz CT molecular complexity index is 3840. The van der Waals surface area contributed by atoms with E-state index in [-0.39, 0.29) is 74.6 Å². The number of rotatable bonds is 4. The Balaban J connectivity index is 0.000000202. The Hall–Kier alpha value is -9.86. The maximum atomic E-state index is 12.6. The van der Waals surface area contributed by atoms with Crippen LogP contribution in [0.3, 0.4) is 0 Å². The number of aromatic hydroxyl groups is 4. The van der Waals surface area contributed by atoms with Crippen molar-refractivity contribution in [2.24, 2.45) is 0 Å². The Morgan fingerprint density at radius 3 is 0.833 bits per heavy atom. The highest BCUT2D eigenvalue weighted by molar-refractivity contribution is 5.77. The summed E-state index contributed by atoms with van der Waals surface area (Å²) in [6.07, 6.45) is -8.85. The van der Waals surface area contributed by atoms with Gasteiger partial charge in [0.05, 0.1) is 11.1 Å². The van der Waals surface area contributed by atoms with Crippen molar-refractivity contribution in [1.29, 1.82) is 0 Å². The molecule has 0 aliphatic rings. The highest BCUT2D eigenvalue weighted by Crippen LogP contribution is 2.37. The predicted molar refractivity (Wildman–Crippen MR) is 316 cm³/mol. The molecule has 0 unspecified atom stereocenters. The number of alkyl halides is 6. The standard InChI is InChI=1S/2C16H17N3O.2C13H8F3N3O.4CH4/c2*1-16(2,3)11-7-6-10-14(15(11)20)19-17-12-8-4-5-9-13(12)18-19;2*14-13(15,16)8-5-6-9-10(7-8)18-19(17-9)11-3-1-2-4-12(11)20;;;;/h2*4-10,20H,1-3H3;2*1-7,20H;4*1H4. The van der Waals surface area contributed by atoms with Crippen LogP contribution in [0.25, 0.3) is 66.9 Å². The number of aromatic nitrogens is 12. The van der Waals surface area contributed by atoms with Crippen LogP contribution in [0.15, 0.2) is 170 Å². The highest BCUT2D eigenvalue weighted by atomic mass is 19.4. The average molecular weight is 1160 g/mol. The summed E-state index contributed by atoms with van der Waals surface area (Å²) in [6, 6.07) is 45.6. The molecule has 84 heavy (non-hydrogen) atoms. The smallest absolute Gasteiger partial charge is 0.416 e. The van der Waals surface area contributed by atoms with Crippen molar-refractivity contribution in [3.05, 3.63) is 192 Å². The zero-order chi connectivity index (χ0) is 57.3. The zero-order valence-corrected chi connectivity index (χ0v) is 43.6. The summed E-state index contributed by atoms with van der Waals surface area (Å²) in [5, 5.41) is 74.1. The monoisotopic (exact) mass is 1160 g/mol. The van der Waals surface area contributed by atoms with Crippen LogP contribution in [0.5, 0.6) is 23.0 Å². The molecule has 0 spiro atoms. The summed E-state index contributed by atoms with van der Waals surface area (Å²) in [4.78, 5) is 5.21. The van der Waals surface area contributed by atoms with E-state index in [9.17, 15) is 46.8 Å². The molecule has 12 aromatic rings. The van der Waals surface area contributed by atoms with Crippen LogP contribution in [0.2, 0.25) is 0 Å². The molecule has 0 radical (unpaired) electrons. The maximum absolute atomic E-state index is 12.6. The summed E-state index contributed by atoms with van der Waals surface area (Å²) >= 11 is 0. The van der Waals surface area contributed by atoms with E-state index in [1.807, 2.05) is 84.9 Å². The minimum atomic E-state index is -4.42. The normalized spacial score (nSPS) is 11.4. The van der Waals surface area contributed by atoms with Gasteiger partial charge in [-0.05, 0) is 108 Å². The lowest BCUT2D eigenvalue weighted by atomic mass is 9.86. The minimum Gasteiger partial charge on any atom is -0.506 e. The Kier molecular flexibility index (Phi) is 19.7. The Morgan fingerprint density at radius 1 is 0.298 bits per heavy atom. The molecule has 0 aliphatic heterocycles. The van der Waals surface area contributed by atoms with Crippen molar-refractivity contribution < 1.29 is 46.8 Å². The number of phenols is 4. The van der Waals surface area contributed by atoms with Crippen LogP contribution in [-0.2, 0) is 23.2 Å². The summed E-state index contributed by atoms with van der Waals surface area (Å²) in [7, 11) is 0. The quantitative estimate of drug-likeness (QED) is 0.122. The first-order valence-electron chi connectivity index (χ1n) is 24.6. The largest absolute Gasteiger partial charge is 0.506 e. The number of benzene rings is 8. The molecule has 0 saturated heterocycles. The molecule has 0 bridgehead atoms. The summed E-state index contributed by atoms with van der Waals surface area (Å²) < 4.78 is 75.7. The van der Waals surface area contributed by atoms with E-state index in [0.29, 0.717) is 33.8 Å². The van der Waals surface area contributed by atoms with Crippen LogP contribution in [0.1, 0.15) is 93.5 Å². The molecule has 0 fully saturated rings. The van der Waals surface area contributed by atoms with Crippen molar-refractivity contribution in [2.45, 2.75) is 94.4 Å². The third kappa shape index (κ3) is 14.2. The van der Waals surface area contributed by atoms with E-state index < -0.39 is 23.5 Å². The number of hydrogen-bond donors (Lipinski definition) is 4. The van der Waals surface area contributed by atoms with Gasteiger partial charge in [0.15, 0.2) is 0 Å². The number of halogens is 6. The molecular formula is C62H66F6N12O4. The highest BCUT2D eigenvalue weighted by Gasteiger charge is 2.32. The van der Waals surface area contributed by atoms with Gasteiger partial charge in [-0.1, -0.05) is 144 Å². The molecule has 16 nitrogen and oxygen atoms in total. The van der Waals surface area contributed by atoms with E-state index in [1.165, 1.54) is 33.9 Å². The van der Waals surface area contributed by atoms with Gasteiger partial charge in [-0.3, -0.25) is 0 Å². The van der Waals surface area contributed by atoms with Crippen molar-refractivity contribution in [3.8, 4) is 45.7 Å². The van der Waals surface area contributed by atoms with Gasteiger partial charge < -0.3 is 20.4 Å². The first kappa shape index (κ1) is 65.0. The number of para-hydroxylation sites is 6. The molecule has 4 heterocycles. The molecule has 0 atom stereocenters. The number of phenolic OH excluding ortho intramolecular Hbond substituents is 4. The topological polar surface area (TPSA) is 204 Å². The summed E-state index contributed by atoms with van der Waals surface area (Å²) in [6.45, 7) is 12.4. The second-order valence-corrected chi connectivity index (χ2v) is 20.2. The van der Waals surface area contributed by atoms with Gasteiger partial charge >= 0.3 is 12.4 Å². The van der Waals surface area contributed by atoms with Crippen LogP contribution >= 0.6 is 0 Å². The Morgan fingerprint density at radius 2 is 0.548 bits per heavy atom. The van der Waals surface area contributed by atoms with Gasteiger partial charge in [0, 0.05) is 11.1 Å². The van der Waals surface area contributed by atoms with Gasteiger partial charge in [-0.15, -0.1) is 60.0 Å². The molecule has 4 aromatic heterocycles. The molecule has 12 rings (SSSR count). The van der Waals surface area contributed by atoms with Crippen LogP contribution in [0.4, 0.5) is 26.3 Å². The summed E-state index contributed by atoms with van der Waals surface area (Å²) in [5.41, 5.74) is 5.88. The summed E-state index contributed by atoms with van der Waals surface area (Å²) in [5.74, 6) is 0.369. The zero-order valence-electron chi connectivity index (χ0n) is 43.6. The first-order valence-corrected chi connectivity index (χ1v) is 24.6. The molecule has 0 saturated carbocycles. The lowest BCUT2D eigenvalue weighted by molar-refractivity contribution is -0.138. The van der Waals surface area contributed by atoms with Crippen LogP contribution in [-0.4, -0.2) is 80.4 Å². The Labute approximate surface area is 481 Å². The third-order valence-corrected chi connectivity index (χ3v) is 12.3.